The molecule has 0 radical (unpaired) electrons. The zero-order chi connectivity index (χ0) is 22.4. The number of hydrogen-bond acceptors (Lipinski definition) is 6. The molecular formula is C21H20BClF2N2O4. The van der Waals surface area contributed by atoms with Gasteiger partial charge in [-0.15, -0.1) is 0 Å². The predicted octanol–water partition coefficient (Wildman–Crippen LogP) is 4.55. The summed E-state index contributed by atoms with van der Waals surface area (Å²) >= 11 is 5.86. The Kier molecular flexibility index (Phi) is 5.53. The molecule has 0 atom stereocenters. The van der Waals surface area contributed by atoms with Gasteiger partial charge in [-0.25, -0.2) is 13.8 Å². The summed E-state index contributed by atoms with van der Waals surface area (Å²) in [5.74, 6) is -0.808. The Morgan fingerprint density at radius 1 is 1.03 bits per heavy atom. The number of rotatable bonds is 5. The number of aromatic nitrogens is 2. The Hall–Kier alpha value is -2.49. The number of halogens is 3. The van der Waals surface area contributed by atoms with Crippen LogP contribution in [0, 0.1) is 11.6 Å². The lowest BCUT2D eigenvalue weighted by Gasteiger charge is -2.32. The minimum absolute atomic E-state index is 0.00953. The molecule has 0 amide bonds. The van der Waals surface area contributed by atoms with Gasteiger partial charge in [0.05, 0.1) is 21.8 Å². The van der Waals surface area contributed by atoms with E-state index in [4.69, 9.17) is 30.2 Å². The third kappa shape index (κ3) is 4.17. The van der Waals surface area contributed by atoms with Gasteiger partial charge in [0.25, 0.3) is 0 Å². The Morgan fingerprint density at radius 2 is 1.71 bits per heavy atom. The molecule has 162 valence electrons. The van der Waals surface area contributed by atoms with E-state index in [2.05, 4.69) is 10.1 Å². The van der Waals surface area contributed by atoms with E-state index in [1.54, 1.807) is 18.3 Å². The first kappa shape index (κ1) is 21.7. The van der Waals surface area contributed by atoms with Crippen molar-refractivity contribution < 1.29 is 27.3 Å². The molecule has 0 aliphatic carbocycles. The average molecular weight is 449 g/mol. The first-order chi connectivity index (χ1) is 14.6. The topological polar surface area (TPSA) is 66.6 Å². The average Bonchev–Trinajstić information content (AvgIpc) is 3.25. The quantitative estimate of drug-likeness (QED) is 0.421. The molecule has 0 saturated carbocycles. The molecule has 3 aromatic rings. The van der Waals surface area contributed by atoms with Crippen LogP contribution in [0.15, 0.2) is 41.1 Å². The van der Waals surface area contributed by atoms with Crippen LogP contribution in [0.4, 0.5) is 8.78 Å². The molecule has 0 spiro atoms. The third-order valence-electron chi connectivity index (χ3n) is 5.51. The summed E-state index contributed by atoms with van der Waals surface area (Å²) in [5, 5.41) is 3.40. The normalized spacial score (nSPS) is 17.2. The van der Waals surface area contributed by atoms with Crippen molar-refractivity contribution in [2.45, 2.75) is 45.5 Å². The fourth-order valence-corrected chi connectivity index (χ4v) is 3.25. The van der Waals surface area contributed by atoms with E-state index >= 15 is 0 Å². The summed E-state index contributed by atoms with van der Waals surface area (Å²) in [7, 11) is -0.519. The summed E-state index contributed by atoms with van der Waals surface area (Å²) in [6.45, 7) is 7.90. The van der Waals surface area contributed by atoms with Crippen LogP contribution >= 0.6 is 11.6 Å². The Balaban J connectivity index is 1.42. The smallest absolute Gasteiger partial charge is 0.469 e. The van der Waals surface area contributed by atoms with Gasteiger partial charge in [0.15, 0.2) is 12.4 Å². The SMILES string of the molecule is CC1(C)OB(c2ccc(OCc3cc(-c4c(F)ccc(F)c4Cl)no3)nc2)OC1(C)C. The molecule has 0 N–H and O–H groups in total. The lowest BCUT2D eigenvalue weighted by atomic mass is 9.80. The summed E-state index contributed by atoms with van der Waals surface area (Å²) in [6.07, 6.45) is 1.62. The van der Waals surface area contributed by atoms with Crippen molar-refractivity contribution >= 4 is 24.2 Å². The van der Waals surface area contributed by atoms with Crippen LogP contribution in [0.25, 0.3) is 11.3 Å². The van der Waals surface area contributed by atoms with Gasteiger partial charge in [-0.1, -0.05) is 22.8 Å². The van der Waals surface area contributed by atoms with Crippen LogP contribution in [0.3, 0.4) is 0 Å². The molecule has 1 aliphatic rings. The van der Waals surface area contributed by atoms with Gasteiger partial charge in [-0.3, -0.25) is 0 Å². The van der Waals surface area contributed by atoms with Crippen molar-refractivity contribution in [3.63, 3.8) is 0 Å². The summed E-state index contributed by atoms with van der Waals surface area (Å²) in [6, 6.07) is 6.85. The first-order valence-electron chi connectivity index (χ1n) is 9.61. The second kappa shape index (κ2) is 7.89. The molecule has 1 aromatic carbocycles. The lowest BCUT2D eigenvalue weighted by Crippen LogP contribution is -2.41. The highest BCUT2D eigenvalue weighted by molar-refractivity contribution is 6.62. The molecule has 4 rings (SSSR count). The van der Waals surface area contributed by atoms with E-state index in [1.807, 2.05) is 27.7 Å². The maximum absolute atomic E-state index is 14.0. The highest BCUT2D eigenvalue weighted by atomic mass is 35.5. The van der Waals surface area contributed by atoms with E-state index in [9.17, 15) is 8.78 Å². The van der Waals surface area contributed by atoms with E-state index in [0.29, 0.717) is 11.6 Å². The number of nitrogens with zero attached hydrogens (tertiary/aromatic N) is 2. The standard InChI is InChI=1S/C21H20BClF2N2O4/c1-20(2)21(3,4)31-22(30-20)12-5-8-17(26-10-12)28-11-13-9-16(27-29-13)18-14(24)6-7-15(25)19(18)23/h5-10H,11H2,1-4H3. The van der Waals surface area contributed by atoms with E-state index in [-0.39, 0.29) is 22.9 Å². The Labute approximate surface area is 183 Å². The van der Waals surface area contributed by atoms with Gasteiger partial charge in [0.2, 0.25) is 5.88 Å². The predicted molar refractivity (Wildman–Crippen MR) is 111 cm³/mol. The van der Waals surface area contributed by atoms with Crippen LogP contribution in [0.2, 0.25) is 5.02 Å². The molecule has 1 aliphatic heterocycles. The van der Waals surface area contributed by atoms with Crippen molar-refractivity contribution in [1.29, 1.82) is 0 Å². The number of benzene rings is 1. The molecule has 1 saturated heterocycles. The monoisotopic (exact) mass is 448 g/mol. The Morgan fingerprint density at radius 3 is 2.35 bits per heavy atom. The molecule has 31 heavy (non-hydrogen) atoms. The molecule has 0 unspecified atom stereocenters. The molecule has 1 fully saturated rings. The fraction of sp³-hybridized carbons (Fsp3) is 0.333. The molecular weight excluding hydrogens is 429 g/mol. The summed E-state index contributed by atoms with van der Waals surface area (Å²) in [4.78, 5) is 4.26. The summed E-state index contributed by atoms with van der Waals surface area (Å²) < 4.78 is 50.4. The Bertz CT molecular complexity index is 1090. The molecule has 2 aromatic heterocycles. The van der Waals surface area contributed by atoms with Gasteiger partial charge in [0, 0.05) is 17.7 Å². The highest BCUT2D eigenvalue weighted by Gasteiger charge is 2.51. The van der Waals surface area contributed by atoms with Gasteiger partial charge in [-0.05, 0) is 45.9 Å². The van der Waals surface area contributed by atoms with Crippen LogP contribution in [0.1, 0.15) is 33.5 Å². The van der Waals surface area contributed by atoms with Crippen LogP contribution in [0.5, 0.6) is 5.88 Å². The second-order valence-electron chi connectivity index (χ2n) is 8.20. The van der Waals surface area contributed by atoms with Crippen molar-refractivity contribution in [3.8, 4) is 17.1 Å². The molecule has 10 heteroatoms. The molecule has 3 heterocycles. The summed E-state index contributed by atoms with van der Waals surface area (Å²) in [5.41, 5.74) is -0.211. The van der Waals surface area contributed by atoms with Gasteiger partial charge in [-0.2, -0.15) is 0 Å². The van der Waals surface area contributed by atoms with Crippen LogP contribution in [-0.2, 0) is 15.9 Å². The molecule has 6 nitrogen and oxygen atoms in total. The van der Waals surface area contributed by atoms with Gasteiger partial charge < -0.3 is 18.6 Å². The lowest BCUT2D eigenvalue weighted by molar-refractivity contribution is 0.00578. The highest BCUT2D eigenvalue weighted by Crippen LogP contribution is 2.36. The van der Waals surface area contributed by atoms with Crippen molar-refractivity contribution in [2.75, 3.05) is 0 Å². The zero-order valence-electron chi connectivity index (χ0n) is 17.4. The van der Waals surface area contributed by atoms with Gasteiger partial charge in [0.1, 0.15) is 17.3 Å². The van der Waals surface area contributed by atoms with Crippen LogP contribution < -0.4 is 10.2 Å². The van der Waals surface area contributed by atoms with Crippen LogP contribution in [-0.4, -0.2) is 28.5 Å². The minimum Gasteiger partial charge on any atom is -0.469 e. The number of ether oxygens (including phenoxy) is 1. The number of pyridine rings is 1. The fourth-order valence-electron chi connectivity index (χ4n) is 3.00. The molecule has 0 bridgehead atoms. The second-order valence-corrected chi connectivity index (χ2v) is 8.58. The van der Waals surface area contributed by atoms with Crippen molar-refractivity contribution in [2.24, 2.45) is 0 Å². The largest absolute Gasteiger partial charge is 0.496 e. The number of hydrogen-bond donors (Lipinski definition) is 0. The van der Waals surface area contributed by atoms with Crippen molar-refractivity contribution in [3.05, 3.63) is 58.9 Å². The zero-order valence-corrected chi connectivity index (χ0v) is 18.2. The van der Waals surface area contributed by atoms with E-state index < -0.39 is 30.0 Å². The van der Waals surface area contributed by atoms with E-state index in [1.165, 1.54) is 6.07 Å². The van der Waals surface area contributed by atoms with Crippen molar-refractivity contribution in [1.82, 2.24) is 10.1 Å². The van der Waals surface area contributed by atoms with Gasteiger partial charge >= 0.3 is 7.12 Å². The maximum Gasteiger partial charge on any atom is 0.496 e. The third-order valence-corrected chi connectivity index (χ3v) is 5.88. The van der Waals surface area contributed by atoms with E-state index in [0.717, 1.165) is 17.6 Å². The maximum atomic E-state index is 14.0. The first-order valence-corrected chi connectivity index (χ1v) is 9.99. The minimum atomic E-state index is -0.745.